The molecular weight excluding hydrogens is 280 g/mol. The Morgan fingerprint density at radius 2 is 2.14 bits per heavy atom. The van der Waals surface area contributed by atoms with Gasteiger partial charge in [0, 0.05) is 18.4 Å². The molecule has 1 unspecified atom stereocenters. The van der Waals surface area contributed by atoms with Crippen LogP contribution in [0.4, 0.5) is 5.69 Å². The van der Waals surface area contributed by atoms with Gasteiger partial charge in [-0.2, -0.15) is 5.10 Å². The van der Waals surface area contributed by atoms with Crippen molar-refractivity contribution < 1.29 is 9.59 Å². The highest BCUT2D eigenvalue weighted by atomic mass is 16.2. The Bertz CT molecular complexity index is 694. The van der Waals surface area contributed by atoms with Gasteiger partial charge >= 0.3 is 0 Å². The van der Waals surface area contributed by atoms with Gasteiger partial charge in [-0.15, -0.1) is 0 Å². The third kappa shape index (κ3) is 2.47. The van der Waals surface area contributed by atoms with Crippen LogP contribution in [0.15, 0.2) is 36.7 Å². The molecule has 3 rings (SSSR count). The van der Waals surface area contributed by atoms with E-state index in [1.54, 1.807) is 11.1 Å². The number of fused-ring (bicyclic) bond motifs is 1. The lowest BCUT2D eigenvalue weighted by Gasteiger charge is -2.30. The number of benzene rings is 1. The van der Waals surface area contributed by atoms with Crippen molar-refractivity contribution in [2.75, 3.05) is 5.32 Å². The first-order valence-electron chi connectivity index (χ1n) is 7.26. The summed E-state index contributed by atoms with van der Waals surface area (Å²) in [5.74, 6) is -0.346. The fraction of sp³-hybridized carbons (Fsp3) is 0.312. The predicted molar refractivity (Wildman–Crippen MR) is 82.2 cm³/mol. The van der Waals surface area contributed by atoms with Gasteiger partial charge in [0.15, 0.2) is 0 Å². The third-order valence-corrected chi connectivity index (χ3v) is 3.86. The van der Waals surface area contributed by atoms with Crippen molar-refractivity contribution >= 4 is 17.5 Å². The summed E-state index contributed by atoms with van der Waals surface area (Å²) in [7, 11) is 0. The minimum atomic E-state index is -0.519. The monoisotopic (exact) mass is 298 g/mol. The topological polar surface area (TPSA) is 78.1 Å². The second kappa shape index (κ2) is 5.63. The minimum absolute atomic E-state index is 0.00478. The molecule has 1 aromatic heterocycles. The van der Waals surface area contributed by atoms with Crippen LogP contribution in [0.5, 0.6) is 0 Å². The van der Waals surface area contributed by atoms with Crippen LogP contribution >= 0.6 is 0 Å². The average Bonchev–Trinajstić information content (AvgIpc) is 2.96. The van der Waals surface area contributed by atoms with E-state index in [4.69, 9.17) is 0 Å². The number of nitrogens with one attached hydrogen (secondary N) is 2. The number of anilines is 1. The Labute approximate surface area is 128 Å². The maximum absolute atomic E-state index is 12.8. The summed E-state index contributed by atoms with van der Waals surface area (Å²) in [5.41, 5.74) is 2.15. The summed E-state index contributed by atoms with van der Waals surface area (Å²) in [6.45, 7) is 4.27. The molecule has 2 heterocycles. The molecule has 2 aromatic rings. The molecule has 6 heteroatoms. The molecule has 0 fully saturated rings. The van der Waals surface area contributed by atoms with E-state index in [0.717, 1.165) is 11.3 Å². The van der Waals surface area contributed by atoms with Crippen molar-refractivity contribution in [2.24, 2.45) is 5.92 Å². The van der Waals surface area contributed by atoms with Crippen molar-refractivity contribution in [2.45, 2.75) is 26.4 Å². The van der Waals surface area contributed by atoms with Gasteiger partial charge in [-0.25, -0.2) is 0 Å². The fourth-order valence-corrected chi connectivity index (χ4v) is 2.80. The number of carbonyl (C=O) groups excluding carboxylic acids is 2. The molecule has 2 N–H and O–H groups in total. The van der Waals surface area contributed by atoms with E-state index in [-0.39, 0.29) is 17.7 Å². The number of H-pyrrole nitrogens is 1. The van der Waals surface area contributed by atoms with Crippen molar-refractivity contribution in [3.8, 4) is 0 Å². The molecule has 1 aromatic carbocycles. The lowest BCUT2D eigenvalue weighted by Crippen LogP contribution is -2.48. The molecule has 114 valence electrons. The average molecular weight is 298 g/mol. The number of hydrogen-bond donors (Lipinski definition) is 2. The maximum atomic E-state index is 12.8. The molecule has 1 aliphatic heterocycles. The molecule has 1 atom stereocenters. The zero-order valence-electron chi connectivity index (χ0n) is 12.5. The Morgan fingerprint density at radius 1 is 1.36 bits per heavy atom. The van der Waals surface area contributed by atoms with E-state index < -0.39 is 6.04 Å². The second-order valence-electron chi connectivity index (χ2n) is 5.76. The molecule has 0 radical (unpaired) electrons. The summed E-state index contributed by atoms with van der Waals surface area (Å²) < 4.78 is 0. The van der Waals surface area contributed by atoms with Crippen LogP contribution in [0.1, 0.15) is 29.8 Å². The van der Waals surface area contributed by atoms with Crippen LogP contribution in [-0.2, 0) is 11.3 Å². The van der Waals surface area contributed by atoms with Crippen molar-refractivity contribution in [3.63, 3.8) is 0 Å². The van der Waals surface area contributed by atoms with Crippen LogP contribution in [-0.4, -0.2) is 33.0 Å². The highest BCUT2D eigenvalue weighted by molar-refractivity contribution is 6.02. The zero-order chi connectivity index (χ0) is 15.7. The number of nitrogens with zero attached hydrogens (tertiary/aromatic N) is 2. The first-order chi connectivity index (χ1) is 10.6. The first-order valence-corrected chi connectivity index (χ1v) is 7.26. The van der Waals surface area contributed by atoms with Crippen LogP contribution in [0.3, 0.4) is 0 Å². The standard InChI is InChI=1S/C16H18N4O2/c1-10(2)14-15(21)19-13-6-4-3-5-11(13)9-20(14)16(22)12-7-17-18-8-12/h3-8,10,14H,9H2,1-2H3,(H,17,18)(H,19,21). The van der Waals surface area contributed by atoms with E-state index in [1.165, 1.54) is 6.20 Å². The summed E-state index contributed by atoms with van der Waals surface area (Å²) in [4.78, 5) is 27.0. The zero-order valence-corrected chi connectivity index (χ0v) is 12.5. The van der Waals surface area contributed by atoms with Gasteiger partial charge in [-0.1, -0.05) is 32.0 Å². The highest BCUT2D eigenvalue weighted by Gasteiger charge is 2.36. The maximum Gasteiger partial charge on any atom is 0.258 e. The van der Waals surface area contributed by atoms with Gasteiger partial charge in [-0.3, -0.25) is 14.7 Å². The molecule has 6 nitrogen and oxygen atoms in total. The second-order valence-corrected chi connectivity index (χ2v) is 5.76. The highest BCUT2D eigenvalue weighted by Crippen LogP contribution is 2.27. The SMILES string of the molecule is CC(C)C1C(=O)Nc2ccccc2CN1C(=O)c1cn[nH]c1. The number of hydrogen-bond acceptors (Lipinski definition) is 3. The van der Waals surface area contributed by atoms with Gasteiger partial charge in [0.2, 0.25) is 5.91 Å². The number of aromatic nitrogens is 2. The van der Waals surface area contributed by atoms with Gasteiger partial charge in [0.05, 0.1) is 11.8 Å². The van der Waals surface area contributed by atoms with Crippen molar-refractivity contribution in [3.05, 3.63) is 47.8 Å². The molecular formula is C16H18N4O2. The van der Waals surface area contributed by atoms with Crippen molar-refractivity contribution in [1.82, 2.24) is 15.1 Å². The van der Waals surface area contributed by atoms with Gasteiger partial charge in [0.1, 0.15) is 6.04 Å². The number of rotatable bonds is 2. The lowest BCUT2D eigenvalue weighted by atomic mass is 10.0. The van der Waals surface area contributed by atoms with E-state index in [0.29, 0.717) is 12.1 Å². The molecule has 0 saturated carbocycles. The van der Waals surface area contributed by atoms with E-state index in [1.807, 2.05) is 38.1 Å². The smallest absolute Gasteiger partial charge is 0.258 e. The lowest BCUT2D eigenvalue weighted by molar-refractivity contribution is -0.121. The number of para-hydroxylation sites is 1. The molecule has 0 bridgehead atoms. The Kier molecular flexibility index (Phi) is 3.66. The van der Waals surface area contributed by atoms with Crippen molar-refractivity contribution in [1.29, 1.82) is 0 Å². The number of carbonyl (C=O) groups is 2. The number of amides is 2. The van der Waals surface area contributed by atoms with Crippen LogP contribution in [0, 0.1) is 5.92 Å². The Hall–Kier alpha value is -2.63. The number of aromatic amines is 1. The van der Waals surface area contributed by atoms with Crippen LogP contribution in [0.2, 0.25) is 0 Å². The molecule has 0 aliphatic carbocycles. The van der Waals surface area contributed by atoms with Gasteiger partial charge < -0.3 is 10.2 Å². The summed E-state index contributed by atoms with van der Waals surface area (Å²) in [6, 6.07) is 7.04. The largest absolute Gasteiger partial charge is 0.324 e. The first kappa shape index (κ1) is 14.3. The molecule has 1 aliphatic rings. The summed E-state index contributed by atoms with van der Waals surface area (Å²) in [5, 5.41) is 9.39. The van der Waals surface area contributed by atoms with E-state index >= 15 is 0 Å². The molecule has 22 heavy (non-hydrogen) atoms. The van der Waals surface area contributed by atoms with Crippen LogP contribution < -0.4 is 5.32 Å². The van der Waals surface area contributed by atoms with Gasteiger partial charge in [0.25, 0.3) is 5.91 Å². The summed E-state index contributed by atoms with van der Waals surface area (Å²) in [6.07, 6.45) is 3.03. The summed E-state index contributed by atoms with van der Waals surface area (Å²) >= 11 is 0. The minimum Gasteiger partial charge on any atom is -0.324 e. The van der Waals surface area contributed by atoms with E-state index in [2.05, 4.69) is 15.5 Å². The Balaban J connectivity index is 2.03. The van der Waals surface area contributed by atoms with Crippen LogP contribution in [0.25, 0.3) is 0 Å². The van der Waals surface area contributed by atoms with E-state index in [9.17, 15) is 9.59 Å². The Morgan fingerprint density at radius 3 is 2.82 bits per heavy atom. The fourth-order valence-electron chi connectivity index (χ4n) is 2.80. The quantitative estimate of drug-likeness (QED) is 0.890. The third-order valence-electron chi connectivity index (χ3n) is 3.86. The molecule has 0 spiro atoms. The molecule has 2 amide bonds. The predicted octanol–water partition coefficient (Wildman–Crippen LogP) is 2.03. The molecule has 0 saturated heterocycles. The normalized spacial score (nSPS) is 17.9. The van der Waals surface area contributed by atoms with Gasteiger partial charge in [-0.05, 0) is 17.5 Å².